The third-order valence-corrected chi connectivity index (χ3v) is 7.32. The summed E-state index contributed by atoms with van der Waals surface area (Å²) < 4.78 is 18.5. The fraction of sp³-hybridized carbons (Fsp3) is 0.222. The number of ketones is 1. The summed E-state index contributed by atoms with van der Waals surface area (Å²) in [6, 6.07) is 22.9. The maximum atomic E-state index is 13.8. The Labute approximate surface area is 205 Å². The van der Waals surface area contributed by atoms with Gasteiger partial charge < -0.3 is 14.2 Å². The van der Waals surface area contributed by atoms with Crippen LogP contribution in [0.5, 0.6) is 5.75 Å². The van der Waals surface area contributed by atoms with E-state index in [1.165, 1.54) is 14.0 Å². The lowest BCUT2D eigenvalue weighted by Crippen LogP contribution is -2.53. The number of esters is 2. The van der Waals surface area contributed by atoms with Gasteiger partial charge in [0.25, 0.3) is 0 Å². The summed E-state index contributed by atoms with van der Waals surface area (Å²) in [4.78, 5) is 41.0. The zero-order valence-corrected chi connectivity index (χ0v) is 20.1. The molecule has 3 aromatic carbocycles. The summed E-state index contributed by atoms with van der Waals surface area (Å²) in [5, 5.41) is 0. The Balaban J connectivity index is 1.91. The predicted molar refractivity (Wildman–Crippen MR) is 126 cm³/mol. The number of hydrogen-bond acceptors (Lipinski definition) is 6. The molecule has 2 heterocycles. The second-order valence-electron chi connectivity index (χ2n) is 8.43. The van der Waals surface area contributed by atoms with Gasteiger partial charge in [-0.3, -0.25) is 9.59 Å². The van der Waals surface area contributed by atoms with Crippen molar-refractivity contribution in [1.29, 1.82) is 0 Å². The highest BCUT2D eigenvalue weighted by Crippen LogP contribution is 2.68. The number of ether oxygens (including phenoxy) is 3. The lowest BCUT2D eigenvalue weighted by molar-refractivity contribution is -0.172. The minimum absolute atomic E-state index is 0.290. The molecule has 34 heavy (non-hydrogen) atoms. The van der Waals surface area contributed by atoms with E-state index in [9.17, 15) is 14.4 Å². The molecule has 0 radical (unpaired) electrons. The predicted octanol–water partition coefficient (Wildman–Crippen LogP) is 4.87. The standard InChI is InChI=1S/C27H21BrO6/c1-16(29)26-22(20-10-6-7-11-21(20)33-24(26)30)27(25(31)32-2,18-8-4-3-5-9-18)34-23(26)17-12-14-19(28)15-13-17/h3-15,22-23H,1-2H3. The van der Waals surface area contributed by atoms with Crippen molar-refractivity contribution < 1.29 is 28.6 Å². The van der Waals surface area contributed by atoms with Crippen LogP contribution in [0.3, 0.4) is 0 Å². The first-order chi connectivity index (χ1) is 16.4. The Morgan fingerprint density at radius 3 is 2.24 bits per heavy atom. The van der Waals surface area contributed by atoms with Crippen molar-refractivity contribution in [1.82, 2.24) is 0 Å². The topological polar surface area (TPSA) is 78.9 Å². The van der Waals surface area contributed by atoms with Crippen LogP contribution in [-0.2, 0) is 29.5 Å². The number of Topliss-reactive ketones (excluding diaryl/α,β-unsaturated/α-hetero) is 1. The average Bonchev–Trinajstić information content (AvgIpc) is 3.20. The van der Waals surface area contributed by atoms with Crippen LogP contribution in [0.2, 0.25) is 0 Å². The fourth-order valence-corrected chi connectivity index (χ4v) is 5.62. The first-order valence-electron chi connectivity index (χ1n) is 10.8. The van der Waals surface area contributed by atoms with E-state index in [1.54, 1.807) is 72.8 Å². The lowest BCUT2D eigenvalue weighted by Gasteiger charge is -2.41. The van der Waals surface area contributed by atoms with Crippen LogP contribution in [0.1, 0.15) is 35.6 Å². The molecule has 5 rings (SSSR count). The molecule has 0 N–H and O–H groups in total. The van der Waals surface area contributed by atoms with Crippen LogP contribution < -0.4 is 4.74 Å². The second kappa shape index (κ2) is 8.18. The normalized spacial score (nSPS) is 27.3. The zero-order chi connectivity index (χ0) is 24.1. The minimum atomic E-state index is -1.81. The number of carbonyl (C=O) groups excluding carboxylic acids is 3. The van der Waals surface area contributed by atoms with Gasteiger partial charge in [-0.1, -0.05) is 76.6 Å². The number of fused-ring (bicyclic) bond motifs is 3. The van der Waals surface area contributed by atoms with Gasteiger partial charge in [-0.2, -0.15) is 0 Å². The van der Waals surface area contributed by atoms with Crippen molar-refractivity contribution >= 4 is 33.7 Å². The lowest BCUT2D eigenvalue weighted by atomic mass is 9.59. The molecular weight excluding hydrogens is 500 g/mol. The Morgan fingerprint density at radius 2 is 1.59 bits per heavy atom. The zero-order valence-electron chi connectivity index (χ0n) is 18.5. The summed E-state index contributed by atoms with van der Waals surface area (Å²) in [5.41, 5.74) is -1.99. The molecule has 0 amide bonds. The van der Waals surface area contributed by atoms with E-state index in [2.05, 4.69) is 15.9 Å². The number of halogens is 1. The molecule has 0 aliphatic carbocycles. The van der Waals surface area contributed by atoms with Crippen molar-refractivity contribution in [2.75, 3.05) is 7.11 Å². The summed E-state index contributed by atoms with van der Waals surface area (Å²) in [5.74, 6) is -2.62. The SMILES string of the molecule is COC(=O)C1(c2ccccc2)OC(c2ccc(Br)cc2)C2(C(C)=O)C(=O)Oc3ccccc3C12. The van der Waals surface area contributed by atoms with E-state index in [4.69, 9.17) is 14.2 Å². The van der Waals surface area contributed by atoms with Gasteiger partial charge in [-0.15, -0.1) is 0 Å². The molecule has 172 valence electrons. The summed E-state index contributed by atoms with van der Waals surface area (Å²) >= 11 is 3.42. The Bertz CT molecular complexity index is 1290. The highest BCUT2D eigenvalue weighted by molar-refractivity contribution is 9.10. The van der Waals surface area contributed by atoms with Crippen LogP contribution in [0.4, 0.5) is 0 Å². The molecule has 0 spiro atoms. The first-order valence-corrected chi connectivity index (χ1v) is 11.6. The van der Waals surface area contributed by atoms with Crippen LogP contribution in [0.15, 0.2) is 83.3 Å². The van der Waals surface area contributed by atoms with Crippen LogP contribution in [-0.4, -0.2) is 24.8 Å². The van der Waals surface area contributed by atoms with Crippen molar-refractivity contribution in [3.8, 4) is 5.75 Å². The number of benzene rings is 3. The van der Waals surface area contributed by atoms with Crippen molar-refractivity contribution in [3.05, 3.63) is 100 Å². The molecule has 0 saturated carbocycles. The monoisotopic (exact) mass is 520 g/mol. The van der Waals surface area contributed by atoms with Crippen LogP contribution >= 0.6 is 15.9 Å². The Morgan fingerprint density at radius 1 is 0.941 bits per heavy atom. The molecular formula is C27H21BrO6. The molecule has 1 fully saturated rings. The average molecular weight is 521 g/mol. The number of para-hydroxylation sites is 1. The fourth-order valence-electron chi connectivity index (χ4n) is 5.36. The number of rotatable bonds is 4. The molecule has 2 aliphatic heterocycles. The molecule has 4 atom stereocenters. The Kier molecular flexibility index (Phi) is 5.41. The molecule has 4 unspecified atom stereocenters. The van der Waals surface area contributed by atoms with Gasteiger partial charge in [-0.25, -0.2) is 4.79 Å². The smallest absolute Gasteiger partial charge is 0.343 e. The second-order valence-corrected chi connectivity index (χ2v) is 9.34. The van der Waals surface area contributed by atoms with Gasteiger partial charge >= 0.3 is 11.9 Å². The van der Waals surface area contributed by atoms with Gasteiger partial charge in [-0.05, 0) is 36.2 Å². The van der Waals surface area contributed by atoms with Gasteiger partial charge in [0.05, 0.1) is 13.0 Å². The summed E-state index contributed by atoms with van der Waals surface area (Å²) in [6.07, 6.45) is -1.09. The summed E-state index contributed by atoms with van der Waals surface area (Å²) in [6.45, 7) is 1.34. The largest absolute Gasteiger partial charge is 0.467 e. The molecule has 0 bridgehead atoms. The van der Waals surface area contributed by atoms with Crippen LogP contribution in [0, 0.1) is 5.41 Å². The van der Waals surface area contributed by atoms with E-state index in [0.29, 0.717) is 22.4 Å². The van der Waals surface area contributed by atoms with E-state index >= 15 is 0 Å². The maximum absolute atomic E-state index is 13.8. The van der Waals surface area contributed by atoms with E-state index in [-0.39, 0.29) is 0 Å². The molecule has 0 aromatic heterocycles. The van der Waals surface area contributed by atoms with E-state index in [1.807, 2.05) is 6.07 Å². The van der Waals surface area contributed by atoms with Gasteiger partial charge in [0.1, 0.15) is 11.9 Å². The summed E-state index contributed by atoms with van der Waals surface area (Å²) in [7, 11) is 1.27. The van der Waals surface area contributed by atoms with Crippen molar-refractivity contribution in [2.45, 2.75) is 24.5 Å². The maximum Gasteiger partial charge on any atom is 0.343 e. The molecule has 7 heteroatoms. The third-order valence-electron chi connectivity index (χ3n) is 6.80. The van der Waals surface area contributed by atoms with Crippen molar-refractivity contribution in [2.24, 2.45) is 5.41 Å². The highest BCUT2D eigenvalue weighted by atomic mass is 79.9. The molecule has 3 aromatic rings. The molecule has 1 saturated heterocycles. The van der Waals surface area contributed by atoms with Gasteiger partial charge in [0.2, 0.25) is 0 Å². The van der Waals surface area contributed by atoms with Gasteiger partial charge in [0.15, 0.2) is 16.8 Å². The Hall–Kier alpha value is -3.29. The first kappa shape index (κ1) is 22.5. The quantitative estimate of drug-likeness (QED) is 0.277. The van der Waals surface area contributed by atoms with Crippen LogP contribution in [0.25, 0.3) is 0 Å². The van der Waals surface area contributed by atoms with E-state index < -0.39 is 40.8 Å². The van der Waals surface area contributed by atoms with Gasteiger partial charge in [0, 0.05) is 10.0 Å². The van der Waals surface area contributed by atoms with Crippen molar-refractivity contribution in [3.63, 3.8) is 0 Å². The number of hydrogen-bond donors (Lipinski definition) is 0. The third kappa shape index (κ3) is 2.93. The molecule has 2 aliphatic rings. The molecule has 6 nitrogen and oxygen atoms in total. The number of carbonyl (C=O) groups is 3. The highest BCUT2D eigenvalue weighted by Gasteiger charge is 2.76. The number of methoxy groups -OCH3 is 1. The minimum Gasteiger partial charge on any atom is -0.467 e. The van der Waals surface area contributed by atoms with E-state index in [0.717, 1.165) is 4.47 Å².